The average Bonchev–Trinajstić information content (AvgIpc) is 2.98. The number of piperidine rings is 1. The second kappa shape index (κ2) is 15.2. The quantitative estimate of drug-likeness (QED) is 0.208. The molecular weight excluding hydrogens is 512 g/mol. The van der Waals surface area contributed by atoms with Crippen LogP contribution in [0.25, 0.3) is 0 Å². The molecule has 218 valence electrons. The lowest BCUT2D eigenvalue weighted by Gasteiger charge is -2.35. The fourth-order valence-corrected chi connectivity index (χ4v) is 5.26. The van der Waals surface area contributed by atoms with E-state index in [9.17, 15) is 9.59 Å². The molecule has 4 rings (SSSR count). The summed E-state index contributed by atoms with van der Waals surface area (Å²) in [5.41, 5.74) is 5.36. The highest BCUT2D eigenvalue weighted by Crippen LogP contribution is 2.30. The number of carbonyl (C=O) groups excluding carboxylic acids is 2. The first-order chi connectivity index (χ1) is 19.9. The summed E-state index contributed by atoms with van der Waals surface area (Å²) in [6, 6.07) is 23.8. The predicted molar refractivity (Wildman–Crippen MR) is 168 cm³/mol. The van der Waals surface area contributed by atoms with E-state index in [1.54, 1.807) is 6.07 Å². The van der Waals surface area contributed by atoms with Crippen LogP contribution in [0, 0.1) is 5.92 Å². The molecule has 0 aliphatic carbocycles. The summed E-state index contributed by atoms with van der Waals surface area (Å²) >= 11 is 0. The SMILES string of the molecule is CCOCCCNC(=O)c1cc(NC(=O)Nc2ccc(C(C)C)cc2)ccc1N1CCC(Cc2ccccc2)CC1. The molecule has 1 saturated heterocycles. The van der Waals surface area contributed by atoms with Crippen molar-refractivity contribution in [3.63, 3.8) is 0 Å². The minimum absolute atomic E-state index is 0.142. The van der Waals surface area contributed by atoms with E-state index < -0.39 is 0 Å². The molecule has 1 aliphatic rings. The van der Waals surface area contributed by atoms with Crippen molar-refractivity contribution in [3.05, 3.63) is 89.5 Å². The summed E-state index contributed by atoms with van der Waals surface area (Å²) in [5.74, 6) is 0.912. The van der Waals surface area contributed by atoms with Crippen LogP contribution in [0.1, 0.15) is 67.4 Å². The monoisotopic (exact) mass is 556 g/mol. The molecule has 0 spiro atoms. The van der Waals surface area contributed by atoms with Gasteiger partial charge in [0.25, 0.3) is 5.91 Å². The van der Waals surface area contributed by atoms with Gasteiger partial charge in [-0.25, -0.2) is 4.79 Å². The van der Waals surface area contributed by atoms with Gasteiger partial charge < -0.3 is 25.6 Å². The van der Waals surface area contributed by atoms with Gasteiger partial charge in [-0.3, -0.25) is 4.79 Å². The first-order valence-electron chi connectivity index (χ1n) is 14.9. The zero-order valence-corrected chi connectivity index (χ0v) is 24.6. The van der Waals surface area contributed by atoms with Crippen LogP contribution in [0.15, 0.2) is 72.8 Å². The molecule has 0 aromatic heterocycles. The van der Waals surface area contributed by atoms with Gasteiger partial charge in [0.15, 0.2) is 0 Å². The third kappa shape index (κ3) is 9.08. The molecule has 1 fully saturated rings. The van der Waals surface area contributed by atoms with E-state index in [0.717, 1.165) is 44.5 Å². The smallest absolute Gasteiger partial charge is 0.323 e. The number of amides is 3. The average molecular weight is 557 g/mol. The first-order valence-corrected chi connectivity index (χ1v) is 14.9. The Morgan fingerprint density at radius 3 is 2.29 bits per heavy atom. The van der Waals surface area contributed by atoms with Crippen LogP contribution < -0.4 is 20.9 Å². The Bertz CT molecular complexity index is 1250. The van der Waals surface area contributed by atoms with E-state index in [2.05, 4.69) is 65.0 Å². The summed E-state index contributed by atoms with van der Waals surface area (Å²) in [6.45, 7) is 9.82. The molecule has 0 atom stereocenters. The normalized spacial score (nSPS) is 13.7. The molecule has 3 amide bonds. The number of benzene rings is 3. The zero-order chi connectivity index (χ0) is 29.0. The van der Waals surface area contributed by atoms with E-state index in [4.69, 9.17) is 4.74 Å². The van der Waals surface area contributed by atoms with Crippen LogP contribution in [0.4, 0.5) is 21.9 Å². The number of urea groups is 1. The molecular formula is C34H44N4O3. The van der Waals surface area contributed by atoms with Gasteiger partial charge in [0.05, 0.1) is 5.56 Å². The third-order valence-corrected chi connectivity index (χ3v) is 7.61. The van der Waals surface area contributed by atoms with Gasteiger partial charge in [-0.2, -0.15) is 0 Å². The van der Waals surface area contributed by atoms with Crippen molar-refractivity contribution < 1.29 is 14.3 Å². The van der Waals surface area contributed by atoms with Crippen LogP contribution in [-0.4, -0.2) is 44.8 Å². The maximum atomic E-state index is 13.4. The van der Waals surface area contributed by atoms with Crippen molar-refractivity contribution in [2.45, 2.75) is 52.4 Å². The van der Waals surface area contributed by atoms with E-state index in [-0.39, 0.29) is 11.9 Å². The molecule has 0 bridgehead atoms. The summed E-state index contributed by atoms with van der Waals surface area (Å²) in [4.78, 5) is 28.4. The molecule has 3 aromatic carbocycles. The van der Waals surface area contributed by atoms with Gasteiger partial charge in [0.2, 0.25) is 0 Å². The topological polar surface area (TPSA) is 82.7 Å². The second-order valence-corrected chi connectivity index (χ2v) is 11.0. The van der Waals surface area contributed by atoms with E-state index >= 15 is 0 Å². The molecule has 1 heterocycles. The van der Waals surface area contributed by atoms with Crippen molar-refractivity contribution in [2.75, 3.05) is 48.4 Å². The molecule has 7 nitrogen and oxygen atoms in total. The van der Waals surface area contributed by atoms with Gasteiger partial charge in [0, 0.05) is 49.9 Å². The zero-order valence-electron chi connectivity index (χ0n) is 24.6. The van der Waals surface area contributed by atoms with Crippen LogP contribution in [0.3, 0.4) is 0 Å². The highest BCUT2D eigenvalue weighted by atomic mass is 16.5. The van der Waals surface area contributed by atoms with Gasteiger partial charge in [-0.15, -0.1) is 0 Å². The summed E-state index contributed by atoms with van der Waals surface area (Å²) in [7, 11) is 0. The lowest BCUT2D eigenvalue weighted by Crippen LogP contribution is -2.36. The summed E-state index contributed by atoms with van der Waals surface area (Å²) < 4.78 is 5.41. The van der Waals surface area contributed by atoms with Crippen molar-refractivity contribution in [2.24, 2.45) is 5.92 Å². The number of hydrogen-bond acceptors (Lipinski definition) is 4. The molecule has 1 aliphatic heterocycles. The van der Waals surface area contributed by atoms with Crippen molar-refractivity contribution in [3.8, 4) is 0 Å². The Morgan fingerprint density at radius 1 is 0.927 bits per heavy atom. The van der Waals surface area contributed by atoms with Gasteiger partial charge in [0.1, 0.15) is 0 Å². The maximum Gasteiger partial charge on any atom is 0.323 e. The van der Waals surface area contributed by atoms with Crippen LogP contribution in [0.5, 0.6) is 0 Å². The number of nitrogens with zero attached hydrogens (tertiary/aromatic N) is 1. The fourth-order valence-electron chi connectivity index (χ4n) is 5.26. The molecule has 0 radical (unpaired) electrons. The standard InChI is InChI=1S/C34H44N4O3/c1-4-41-22-8-19-35-33(39)31-24-30(37-34(40)36-29-13-11-28(12-14-29)25(2)3)15-16-32(31)38-20-17-27(18-21-38)23-26-9-6-5-7-10-26/h5-7,9-16,24-25,27H,4,8,17-23H2,1-3H3,(H,35,39)(H2,36,37,40). The van der Waals surface area contributed by atoms with E-state index in [1.165, 1.54) is 11.1 Å². The van der Waals surface area contributed by atoms with Gasteiger partial charge in [-0.05, 0) is 85.9 Å². The number of anilines is 3. The number of rotatable bonds is 12. The highest BCUT2D eigenvalue weighted by Gasteiger charge is 2.24. The van der Waals surface area contributed by atoms with Crippen LogP contribution in [0.2, 0.25) is 0 Å². The van der Waals surface area contributed by atoms with Gasteiger partial charge in [-0.1, -0.05) is 56.3 Å². The summed E-state index contributed by atoms with van der Waals surface area (Å²) in [5, 5.41) is 8.83. The third-order valence-electron chi connectivity index (χ3n) is 7.61. The molecule has 0 saturated carbocycles. The molecule has 0 unspecified atom stereocenters. The fraction of sp³-hybridized carbons (Fsp3) is 0.412. The Morgan fingerprint density at radius 2 is 1.61 bits per heavy atom. The number of ether oxygens (including phenoxy) is 1. The first kappa shape index (κ1) is 30.1. The number of nitrogens with one attached hydrogen (secondary N) is 3. The molecule has 3 aromatic rings. The minimum Gasteiger partial charge on any atom is -0.382 e. The van der Waals surface area contributed by atoms with Crippen molar-refractivity contribution in [1.82, 2.24) is 5.32 Å². The lowest BCUT2D eigenvalue weighted by molar-refractivity contribution is 0.0944. The van der Waals surface area contributed by atoms with Gasteiger partial charge >= 0.3 is 6.03 Å². The summed E-state index contributed by atoms with van der Waals surface area (Å²) in [6.07, 6.45) is 3.97. The Labute approximate surface area is 244 Å². The van der Waals surface area contributed by atoms with Crippen LogP contribution >= 0.6 is 0 Å². The van der Waals surface area contributed by atoms with Crippen LogP contribution in [-0.2, 0) is 11.2 Å². The number of carbonyl (C=O) groups is 2. The number of hydrogen-bond donors (Lipinski definition) is 3. The Kier molecular flexibility index (Phi) is 11.2. The second-order valence-electron chi connectivity index (χ2n) is 11.0. The minimum atomic E-state index is -0.347. The maximum absolute atomic E-state index is 13.4. The largest absolute Gasteiger partial charge is 0.382 e. The van der Waals surface area contributed by atoms with Crippen molar-refractivity contribution in [1.29, 1.82) is 0 Å². The van der Waals surface area contributed by atoms with E-state index in [1.807, 2.05) is 43.3 Å². The predicted octanol–water partition coefficient (Wildman–Crippen LogP) is 7.07. The lowest BCUT2D eigenvalue weighted by atomic mass is 9.89. The van der Waals surface area contributed by atoms with E-state index in [0.29, 0.717) is 48.5 Å². The Balaban J connectivity index is 1.43. The van der Waals surface area contributed by atoms with Crippen molar-refractivity contribution >= 4 is 29.0 Å². The Hall–Kier alpha value is -3.84. The molecule has 41 heavy (non-hydrogen) atoms. The highest BCUT2D eigenvalue weighted by molar-refractivity contribution is 6.04. The molecule has 7 heteroatoms. The molecule has 3 N–H and O–H groups in total.